The molecule has 2 aromatic rings. The first-order chi connectivity index (χ1) is 11.1. The number of likely N-dealkylation sites (N-methyl/N-ethyl adjacent to an activating group) is 1. The van der Waals surface area contributed by atoms with E-state index in [1.807, 2.05) is 18.2 Å². The van der Waals surface area contributed by atoms with Gasteiger partial charge in [0.15, 0.2) is 0 Å². The molecule has 3 rings (SSSR count). The number of hydrogen-bond donors (Lipinski definition) is 2. The van der Waals surface area contributed by atoms with E-state index >= 15 is 0 Å². The second kappa shape index (κ2) is 6.62. The molecule has 1 heterocycles. The van der Waals surface area contributed by atoms with Gasteiger partial charge in [-0.05, 0) is 49.4 Å². The van der Waals surface area contributed by atoms with Crippen molar-refractivity contribution in [2.24, 2.45) is 5.92 Å². The van der Waals surface area contributed by atoms with E-state index < -0.39 is 6.10 Å². The fraction of sp³-hybridized carbons (Fsp3) is 0.500. The van der Waals surface area contributed by atoms with E-state index in [0.717, 1.165) is 36.9 Å². The number of rotatable bonds is 6. The zero-order valence-corrected chi connectivity index (χ0v) is 13.8. The summed E-state index contributed by atoms with van der Waals surface area (Å²) in [5.74, 6) is 0.375. The number of aromatic nitrogens is 1. The van der Waals surface area contributed by atoms with Crippen molar-refractivity contribution in [3.63, 3.8) is 0 Å². The molecule has 1 atom stereocenters. The topological polar surface area (TPSA) is 57.5 Å². The van der Waals surface area contributed by atoms with Crippen molar-refractivity contribution < 1.29 is 9.90 Å². The maximum atomic E-state index is 12.2. The Labute approximate surface area is 136 Å². The van der Waals surface area contributed by atoms with Crippen LogP contribution in [0, 0.1) is 5.92 Å². The van der Waals surface area contributed by atoms with Gasteiger partial charge in [0, 0.05) is 42.9 Å². The molecular formula is C18H25N3O2. The van der Waals surface area contributed by atoms with Gasteiger partial charge in [0.1, 0.15) is 0 Å². The van der Waals surface area contributed by atoms with Gasteiger partial charge in [-0.2, -0.15) is 0 Å². The lowest BCUT2D eigenvalue weighted by atomic mass is 10.2. The maximum absolute atomic E-state index is 12.2. The minimum Gasteiger partial charge on any atom is -0.391 e. The smallest absolute Gasteiger partial charge is 0.321 e. The zero-order valence-electron chi connectivity index (χ0n) is 13.8. The minimum atomic E-state index is -0.406. The standard InChI is InChI=1S/C18H25N3O2/c1-3-9-21-10-8-14-11-15(6-7-16(14)21)19-18(23)20(2)12-17(22)13-4-5-13/h6-8,10-11,13,17,22H,3-5,9,12H2,1-2H3,(H,19,23). The average molecular weight is 315 g/mol. The molecule has 2 N–H and O–H groups in total. The number of urea groups is 1. The van der Waals surface area contributed by atoms with E-state index in [4.69, 9.17) is 0 Å². The molecular weight excluding hydrogens is 290 g/mol. The highest BCUT2D eigenvalue weighted by Gasteiger charge is 2.31. The summed E-state index contributed by atoms with van der Waals surface area (Å²) in [7, 11) is 1.72. The number of anilines is 1. The number of amides is 2. The van der Waals surface area contributed by atoms with Crippen LogP contribution in [0.5, 0.6) is 0 Å². The number of benzene rings is 1. The van der Waals surface area contributed by atoms with Gasteiger partial charge in [0.05, 0.1) is 6.10 Å². The van der Waals surface area contributed by atoms with Crippen LogP contribution in [-0.2, 0) is 6.54 Å². The summed E-state index contributed by atoms with van der Waals surface area (Å²) in [6.45, 7) is 3.54. The van der Waals surface area contributed by atoms with Gasteiger partial charge >= 0.3 is 6.03 Å². The fourth-order valence-corrected chi connectivity index (χ4v) is 2.93. The van der Waals surface area contributed by atoms with Crippen molar-refractivity contribution in [1.82, 2.24) is 9.47 Å². The van der Waals surface area contributed by atoms with E-state index in [1.165, 1.54) is 5.52 Å². The summed E-state index contributed by atoms with van der Waals surface area (Å²) in [6.07, 6.45) is 4.91. The number of carbonyl (C=O) groups is 1. The summed E-state index contributed by atoms with van der Waals surface area (Å²) in [6, 6.07) is 7.85. The number of nitrogens with one attached hydrogen (secondary N) is 1. The molecule has 23 heavy (non-hydrogen) atoms. The number of fused-ring (bicyclic) bond motifs is 1. The highest BCUT2D eigenvalue weighted by atomic mass is 16.3. The average Bonchev–Trinajstić information content (AvgIpc) is 3.31. The first-order valence-electron chi connectivity index (χ1n) is 8.37. The van der Waals surface area contributed by atoms with E-state index in [-0.39, 0.29) is 6.03 Å². The maximum Gasteiger partial charge on any atom is 0.321 e. The van der Waals surface area contributed by atoms with E-state index in [0.29, 0.717) is 12.5 Å². The van der Waals surface area contributed by atoms with Gasteiger partial charge in [0.2, 0.25) is 0 Å². The van der Waals surface area contributed by atoms with Crippen LogP contribution in [0.2, 0.25) is 0 Å². The molecule has 0 saturated heterocycles. The van der Waals surface area contributed by atoms with Crippen LogP contribution in [0.25, 0.3) is 10.9 Å². The lowest BCUT2D eigenvalue weighted by Gasteiger charge is -2.21. The van der Waals surface area contributed by atoms with Crippen LogP contribution >= 0.6 is 0 Å². The first kappa shape index (κ1) is 15.9. The molecule has 1 fully saturated rings. The highest BCUT2D eigenvalue weighted by Crippen LogP contribution is 2.32. The van der Waals surface area contributed by atoms with Gasteiger partial charge in [-0.15, -0.1) is 0 Å². The van der Waals surface area contributed by atoms with E-state index in [9.17, 15) is 9.90 Å². The second-order valence-corrected chi connectivity index (χ2v) is 6.50. The molecule has 5 heteroatoms. The Morgan fingerprint density at radius 1 is 1.43 bits per heavy atom. The highest BCUT2D eigenvalue weighted by molar-refractivity contribution is 5.92. The van der Waals surface area contributed by atoms with Gasteiger partial charge in [-0.25, -0.2) is 4.79 Å². The number of carbonyl (C=O) groups excluding carboxylic acids is 1. The van der Waals surface area contributed by atoms with Crippen LogP contribution in [0.4, 0.5) is 10.5 Å². The van der Waals surface area contributed by atoms with Crippen molar-refractivity contribution in [3.8, 4) is 0 Å². The molecule has 2 amide bonds. The zero-order chi connectivity index (χ0) is 16.4. The summed E-state index contributed by atoms with van der Waals surface area (Å²) in [5, 5.41) is 14.0. The molecule has 1 unspecified atom stereocenters. The summed E-state index contributed by atoms with van der Waals surface area (Å²) >= 11 is 0. The minimum absolute atomic E-state index is 0.183. The van der Waals surface area contributed by atoms with E-state index in [1.54, 1.807) is 11.9 Å². The van der Waals surface area contributed by atoms with Crippen molar-refractivity contribution >= 4 is 22.6 Å². The fourth-order valence-electron chi connectivity index (χ4n) is 2.93. The molecule has 0 radical (unpaired) electrons. The Kier molecular flexibility index (Phi) is 4.57. The molecule has 1 saturated carbocycles. The Morgan fingerprint density at radius 2 is 2.22 bits per heavy atom. The number of aryl methyl sites for hydroxylation is 1. The number of nitrogens with zero attached hydrogens (tertiary/aromatic N) is 2. The number of aliphatic hydroxyl groups excluding tert-OH is 1. The van der Waals surface area contributed by atoms with Crippen molar-refractivity contribution in [3.05, 3.63) is 30.5 Å². The van der Waals surface area contributed by atoms with Gasteiger partial charge < -0.3 is 19.9 Å². The molecule has 5 nitrogen and oxygen atoms in total. The molecule has 1 aromatic heterocycles. The summed E-state index contributed by atoms with van der Waals surface area (Å²) in [4.78, 5) is 13.8. The predicted molar refractivity (Wildman–Crippen MR) is 92.6 cm³/mol. The van der Waals surface area contributed by atoms with Gasteiger partial charge in [-0.1, -0.05) is 6.92 Å². The molecule has 1 aliphatic carbocycles. The number of hydrogen-bond acceptors (Lipinski definition) is 2. The van der Waals surface area contributed by atoms with Crippen molar-refractivity contribution in [1.29, 1.82) is 0 Å². The lowest BCUT2D eigenvalue weighted by molar-refractivity contribution is 0.117. The van der Waals surface area contributed by atoms with Crippen LogP contribution in [-0.4, -0.2) is 40.3 Å². The van der Waals surface area contributed by atoms with E-state index in [2.05, 4.69) is 29.1 Å². The van der Waals surface area contributed by atoms with Crippen LogP contribution in [0.3, 0.4) is 0 Å². The monoisotopic (exact) mass is 315 g/mol. The van der Waals surface area contributed by atoms with Gasteiger partial charge in [0.25, 0.3) is 0 Å². The molecule has 0 spiro atoms. The Hall–Kier alpha value is -2.01. The summed E-state index contributed by atoms with van der Waals surface area (Å²) in [5.41, 5.74) is 1.96. The van der Waals surface area contributed by atoms with Crippen LogP contribution in [0.15, 0.2) is 30.5 Å². The Balaban J connectivity index is 1.64. The molecule has 124 valence electrons. The third-order valence-corrected chi connectivity index (χ3v) is 4.46. The van der Waals surface area contributed by atoms with Crippen LogP contribution in [0.1, 0.15) is 26.2 Å². The Morgan fingerprint density at radius 3 is 2.91 bits per heavy atom. The molecule has 1 aliphatic rings. The Bertz CT molecular complexity index is 691. The summed E-state index contributed by atoms with van der Waals surface area (Å²) < 4.78 is 2.22. The van der Waals surface area contributed by atoms with Gasteiger partial charge in [-0.3, -0.25) is 0 Å². The third-order valence-electron chi connectivity index (χ3n) is 4.46. The van der Waals surface area contributed by atoms with Crippen molar-refractivity contribution in [2.45, 2.75) is 38.8 Å². The normalized spacial score (nSPS) is 15.6. The molecule has 1 aromatic carbocycles. The predicted octanol–water partition coefficient (Wildman–Crippen LogP) is 3.29. The molecule has 0 bridgehead atoms. The third kappa shape index (κ3) is 3.67. The quantitative estimate of drug-likeness (QED) is 0.859. The SMILES string of the molecule is CCCn1ccc2cc(NC(=O)N(C)CC(O)C3CC3)ccc21. The second-order valence-electron chi connectivity index (χ2n) is 6.50. The first-order valence-corrected chi connectivity index (χ1v) is 8.37. The number of aliphatic hydroxyl groups is 1. The lowest BCUT2D eigenvalue weighted by Crippen LogP contribution is -2.37. The van der Waals surface area contributed by atoms with Crippen molar-refractivity contribution in [2.75, 3.05) is 18.9 Å². The van der Waals surface area contributed by atoms with Crippen LogP contribution < -0.4 is 5.32 Å². The largest absolute Gasteiger partial charge is 0.391 e. The molecule has 0 aliphatic heterocycles.